The molecule has 1 aliphatic heterocycles. The largest absolute Gasteiger partial charge is 0.467 e. The zero-order valence-corrected chi connectivity index (χ0v) is 17.9. The fourth-order valence-corrected chi connectivity index (χ4v) is 3.75. The van der Waals surface area contributed by atoms with Gasteiger partial charge in [0.1, 0.15) is 11.3 Å². The summed E-state index contributed by atoms with van der Waals surface area (Å²) in [7, 11) is 0. The van der Waals surface area contributed by atoms with Crippen LogP contribution in [0.15, 0.2) is 52.7 Å². The quantitative estimate of drug-likeness (QED) is 0.514. The lowest BCUT2D eigenvalue weighted by molar-refractivity contribution is -0.130. The molecule has 1 aromatic carbocycles. The highest BCUT2D eigenvalue weighted by Crippen LogP contribution is 2.25. The number of imide groups is 2. The first-order valence-corrected chi connectivity index (χ1v) is 9.94. The minimum absolute atomic E-state index is 0.0516. The topological polar surface area (TPSA) is 84.6 Å². The molecule has 158 valence electrons. The summed E-state index contributed by atoms with van der Waals surface area (Å²) < 4.78 is 7.32. The van der Waals surface area contributed by atoms with Crippen molar-refractivity contribution in [1.29, 1.82) is 0 Å². The second-order valence-corrected chi connectivity index (χ2v) is 7.72. The number of amides is 4. The van der Waals surface area contributed by atoms with Gasteiger partial charge in [-0.2, -0.15) is 0 Å². The Balaban J connectivity index is 1.71. The second kappa shape index (κ2) is 7.75. The van der Waals surface area contributed by atoms with E-state index in [0.29, 0.717) is 5.76 Å². The van der Waals surface area contributed by atoms with E-state index in [0.717, 1.165) is 27.5 Å². The smallest absolute Gasteiger partial charge is 0.331 e. The molecule has 0 radical (unpaired) electrons. The zero-order valence-electron chi connectivity index (χ0n) is 17.9. The number of nitrogens with zero attached hydrogens (tertiary/aromatic N) is 2. The zero-order chi connectivity index (χ0) is 22.3. The van der Waals surface area contributed by atoms with Gasteiger partial charge in [0.2, 0.25) is 0 Å². The molecule has 7 heteroatoms. The number of barbiturate groups is 1. The summed E-state index contributed by atoms with van der Waals surface area (Å²) in [5, 5.41) is 2.24. The van der Waals surface area contributed by atoms with Crippen LogP contribution in [0.4, 0.5) is 4.79 Å². The summed E-state index contributed by atoms with van der Waals surface area (Å²) in [4.78, 5) is 38.6. The van der Waals surface area contributed by atoms with Crippen LogP contribution in [0.2, 0.25) is 0 Å². The van der Waals surface area contributed by atoms with E-state index in [2.05, 4.69) is 35.9 Å². The van der Waals surface area contributed by atoms with Crippen LogP contribution < -0.4 is 5.32 Å². The molecule has 1 saturated heterocycles. The van der Waals surface area contributed by atoms with Gasteiger partial charge < -0.3 is 8.98 Å². The Kier molecular flexibility index (Phi) is 5.10. The van der Waals surface area contributed by atoms with E-state index in [1.165, 1.54) is 17.4 Å². The monoisotopic (exact) mass is 417 g/mol. The van der Waals surface area contributed by atoms with Crippen molar-refractivity contribution >= 4 is 23.9 Å². The van der Waals surface area contributed by atoms with Crippen LogP contribution in [-0.4, -0.2) is 27.3 Å². The average Bonchev–Trinajstić information content (AvgIpc) is 3.32. The minimum Gasteiger partial charge on any atom is -0.467 e. The van der Waals surface area contributed by atoms with Crippen molar-refractivity contribution in [2.45, 2.75) is 34.2 Å². The molecule has 7 nitrogen and oxygen atoms in total. The number of furan rings is 1. The van der Waals surface area contributed by atoms with Gasteiger partial charge in [0.15, 0.2) is 0 Å². The number of hydrogen-bond acceptors (Lipinski definition) is 4. The number of carbonyl (C=O) groups is 3. The van der Waals surface area contributed by atoms with Crippen LogP contribution in [0.25, 0.3) is 11.8 Å². The van der Waals surface area contributed by atoms with E-state index in [9.17, 15) is 14.4 Å². The molecule has 4 amide bonds. The van der Waals surface area contributed by atoms with Crippen molar-refractivity contribution in [2.24, 2.45) is 0 Å². The fraction of sp³-hybridized carbons (Fsp3) is 0.208. The van der Waals surface area contributed by atoms with E-state index in [4.69, 9.17) is 4.42 Å². The molecule has 0 spiro atoms. The predicted octanol–water partition coefficient (Wildman–Crippen LogP) is 3.97. The first-order valence-electron chi connectivity index (χ1n) is 9.94. The third kappa shape index (κ3) is 3.70. The Morgan fingerprint density at radius 3 is 2.45 bits per heavy atom. The third-order valence-electron chi connectivity index (χ3n) is 5.60. The molecule has 0 bridgehead atoms. The molecule has 31 heavy (non-hydrogen) atoms. The van der Waals surface area contributed by atoms with Gasteiger partial charge in [0, 0.05) is 17.1 Å². The fourth-order valence-electron chi connectivity index (χ4n) is 3.75. The first-order chi connectivity index (χ1) is 14.8. The maximum absolute atomic E-state index is 13.0. The highest BCUT2D eigenvalue weighted by Gasteiger charge is 2.36. The van der Waals surface area contributed by atoms with Crippen molar-refractivity contribution in [3.8, 4) is 5.69 Å². The molecular formula is C24H23N3O4. The Labute approximate surface area is 180 Å². The lowest BCUT2D eigenvalue weighted by atomic mass is 10.1. The summed E-state index contributed by atoms with van der Waals surface area (Å²) in [6.07, 6.45) is 3.00. The van der Waals surface area contributed by atoms with E-state index in [1.807, 2.05) is 26.0 Å². The van der Waals surface area contributed by atoms with E-state index in [1.54, 1.807) is 18.2 Å². The number of rotatable bonds is 4. The number of benzene rings is 1. The molecular weight excluding hydrogens is 394 g/mol. The van der Waals surface area contributed by atoms with Crippen LogP contribution in [0, 0.1) is 27.7 Å². The van der Waals surface area contributed by atoms with Gasteiger partial charge in [-0.1, -0.05) is 6.07 Å². The van der Waals surface area contributed by atoms with Gasteiger partial charge in [0.05, 0.1) is 12.8 Å². The molecule has 0 saturated carbocycles. The summed E-state index contributed by atoms with van der Waals surface area (Å²) in [6.45, 7) is 7.98. The van der Waals surface area contributed by atoms with Crippen molar-refractivity contribution in [3.05, 3.63) is 82.1 Å². The summed E-state index contributed by atoms with van der Waals surface area (Å²) in [5.74, 6) is -0.909. The molecule has 1 fully saturated rings. The maximum atomic E-state index is 13.0. The second-order valence-electron chi connectivity index (χ2n) is 7.72. The number of carbonyl (C=O) groups excluding carboxylic acids is 3. The number of hydrogen-bond donors (Lipinski definition) is 1. The summed E-state index contributed by atoms with van der Waals surface area (Å²) >= 11 is 0. The van der Waals surface area contributed by atoms with Crippen LogP contribution in [-0.2, 0) is 16.1 Å². The molecule has 1 N–H and O–H groups in total. The number of aromatic nitrogens is 1. The summed E-state index contributed by atoms with van der Waals surface area (Å²) in [6, 6.07) is 10.7. The molecule has 1 aliphatic rings. The van der Waals surface area contributed by atoms with E-state index in [-0.39, 0.29) is 12.1 Å². The van der Waals surface area contributed by atoms with Gasteiger partial charge in [-0.3, -0.25) is 19.8 Å². The standard InChI is InChI=1S/C24H23N3O4/c1-14-7-8-19(10-15(14)2)27-16(3)11-18(17(27)4)12-21-22(28)25-24(30)26(23(21)29)13-20-6-5-9-31-20/h5-12H,13H2,1-4H3,(H,25,28,30). The van der Waals surface area contributed by atoms with Crippen molar-refractivity contribution in [2.75, 3.05) is 0 Å². The van der Waals surface area contributed by atoms with Gasteiger partial charge >= 0.3 is 6.03 Å². The average molecular weight is 417 g/mol. The Morgan fingerprint density at radius 1 is 1.00 bits per heavy atom. The Hall–Kier alpha value is -3.87. The van der Waals surface area contributed by atoms with Gasteiger partial charge in [-0.05, 0) is 80.8 Å². The normalized spacial score (nSPS) is 15.7. The minimum atomic E-state index is -0.760. The van der Waals surface area contributed by atoms with E-state index < -0.39 is 17.8 Å². The van der Waals surface area contributed by atoms with Crippen molar-refractivity contribution in [3.63, 3.8) is 0 Å². The predicted molar refractivity (Wildman–Crippen MR) is 115 cm³/mol. The highest BCUT2D eigenvalue weighted by atomic mass is 16.3. The van der Waals surface area contributed by atoms with Crippen LogP contribution in [0.1, 0.15) is 33.8 Å². The molecule has 3 aromatic rings. The Bertz CT molecular complexity index is 1230. The van der Waals surface area contributed by atoms with Crippen LogP contribution in [0.3, 0.4) is 0 Å². The van der Waals surface area contributed by atoms with Crippen LogP contribution >= 0.6 is 0 Å². The van der Waals surface area contributed by atoms with Gasteiger partial charge in [-0.15, -0.1) is 0 Å². The molecule has 2 aromatic heterocycles. The molecule has 0 atom stereocenters. The third-order valence-corrected chi connectivity index (χ3v) is 5.60. The number of urea groups is 1. The van der Waals surface area contributed by atoms with Gasteiger partial charge in [-0.25, -0.2) is 4.79 Å². The first kappa shape index (κ1) is 20.4. The molecule has 0 aliphatic carbocycles. The lowest BCUT2D eigenvalue weighted by Crippen LogP contribution is -2.53. The molecule has 3 heterocycles. The van der Waals surface area contributed by atoms with E-state index >= 15 is 0 Å². The SMILES string of the molecule is Cc1ccc(-n2c(C)cc(C=C3C(=O)NC(=O)N(Cc4ccco4)C3=O)c2C)cc1C. The lowest BCUT2D eigenvalue weighted by Gasteiger charge is -2.25. The highest BCUT2D eigenvalue weighted by molar-refractivity contribution is 6.31. The molecule has 4 rings (SSSR count). The van der Waals surface area contributed by atoms with Gasteiger partial charge in [0.25, 0.3) is 11.8 Å². The molecule has 0 unspecified atom stereocenters. The van der Waals surface area contributed by atoms with Crippen molar-refractivity contribution in [1.82, 2.24) is 14.8 Å². The number of aryl methyl sites for hydroxylation is 3. The summed E-state index contributed by atoms with van der Waals surface area (Å²) in [5.41, 5.74) is 5.91. The van der Waals surface area contributed by atoms with Crippen LogP contribution in [0.5, 0.6) is 0 Å². The maximum Gasteiger partial charge on any atom is 0.331 e. The van der Waals surface area contributed by atoms with Crippen molar-refractivity contribution < 1.29 is 18.8 Å². The number of nitrogens with one attached hydrogen (secondary N) is 1. The Morgan fingerprint density at radius 2 is 1.77 bits per heavy atom.